The predicted molar refractivity (Wildman–Crippen MR) is 98.7 cm³/mol. The Balaban J connectivity index is 2.55. The van der Waals surface area contributed by atoms with Gasteiger partial charge in [0, 0.05) is 39.3 Å². The lowest BCUT2D eigenvalue weighted by Gasteiger charge is -2.14. The summed E-state index contributed by atoms with van der Waals surface area (Å²) in [4.78, 5) is 24.6. The fraction of sp³-hybridized carbons (Fsp3) is 0.412. The second kappa shape index (κ2) is 8.05. The second-order valence-electron chi connectivity index (χ2n) is 6.15. The van der Waals surface area contributed by atoms with Crippen LogP contribution in [0.4, 0.5) is 10.1 Å². The third kappa shape index (κ3) is 4.28. The standard InChI is InChI=1S/C17H22FN3O5S/c1-10-13(17(23)21(2)20-10)16(22)11-6-7-12(27(4,24)25)15(14(11)18)19-8-5-9-26-3/h6-7,19-20H,5,8-9H2,1-4H3. The Hall–Kier alpha value is -2.46. The molecular formula is C17H22FN3O5S. The van der Waals surface area contributed by atoms with Gasteiger partial charge in [-0.2, -0.15) is 0 Å². The number of nitrogens with zero attached hydrogens (tertiary/aromatic N) is 1. The van der Waals surface area contributed by atoms with Crippen molar-refractivity contribution in [2.24, 2.45) is 7.05 Å². The number of anilines is 1. The largest absolute Gasteiger partial charge is 0.385 e. The number of nitrogens with one attached hydrogen (secondary N) is 2. The molecule has 10 heteroatoms. The Morgan fingerprint density at radius 3 is 2.56 bits per heavy atom. The number of aromatic nitrogens is 2. The van der Waals surface area contributed by atoms with E-state index >= 15 is 4.39 Å². The zero-order valence-corrected chi connectivity index (χ0v) is 16.4. The van der Waals surface area contributed by atoms with E-state index in [4.69, 9.17) is 4.74 Å². The minimum Gasteiger partial charge on any atom is -0.385 e. The van der Waals surface area contributed by atoms with Crippen LogP contribution in [0.3, 0.4) is 0 Å². The third-order valence-electron chi connectivity index (χ3n) is 4.03. The maximum absolute atomic E-state index is 15.1. The molecule has 0 unspecified atom stereocenters. The van der Waals surface area contributed by atoms with Crippen molar-refractivity contribution in [2.75, 3.05) is 31.8 Å². The van der Waals surface area contributed by atoms with E-state index in [-0.39, 0.29) is 28.3 Å². The first-order valence-corrected chi connectivity index (χ1v) is 10.0. The smallest absolute Gasteiger partial charge is 0.277 e. The number of benzene rings is 1. The van der Waals surface area contributed by atoms with Crippen LogP contribution in [0.15, 0.2) is 21.8 Å². The summed E-state index contributed by atoms with van der Waals surface area (Å²) >= 11 is 0. The number of hydrogen-bond donors (Lipinski definition) is 2. The number of carbonyl (C=O) groups excluding carboxylic acids is 1. The average molecular weight is 399 g/mol. The van der Waals surface area contributed by atoms with Crippen LogP contribution in [0.25, 0.3) is 0 Å². The number of ketones is 1. The summed E-state index contributed by atoms with van der Waals surface area (Å²) in [6.45, 7) is 2.18. The highest BCUT2D eigenvalue weighted by Crippen LogP contribution is 2.28. The molecule has 0 radical (unpaired) electrons. The number of hydrogen-bond acceptors (Lipinski definition) is 6. The van der Waals surface area contributed by atoms with E-state index in [1.165, 1.54) is 21.1 Å². The van der Waals surface area contributed by atoms with Crippen LogP contribution in [-0.4, -0.2) is 50.5 Å². The van der Waals surface area contributed by atoms with E-state index in [0.717, 1.165) is 23.1 Å². The molecule has 0 saturated heterocycles. The normalized spacial score (nSPS) is 11.6. The number of methoxy groups -OCH3 is 1. The quantitative estimate of drug-likeness (QED) is 0.511. The topological polar surface area (TPSA) is 110 Å². The third-order valence-corrected chi connectivity index (χ3v) is 5.17. The Bertz CT molecular complexity index is 1020. The number of carbonyl (C=O) groups is 1. The summed E-state index contributed by atoms with van der Waals surface area (Å²) in [5.41, 5.74) is -1.14. The van der Waals surface area contributed by atoms with Crippen molar-refractivity contribution in [3.05, 3.63) is 45.1 Å². The van der Waals surface area contributed by atoms with E-state index in [1.807, 2.05) is 0 Å². The molecule has 0 atom stereocenters. The van der Waals surface area contributed by atoms with Crippen molar-refractivity contribution < 1.29 is 22.3 Å². The highest BCUT2D eigenvalue weighted by atomic mass is 32.2. The summed E-state index contributed by atoms with van der Waals surface area (Å²) in [5, 5.41) is 5.41. The molecular weight excluding hydrogens is 377 g/mol. The summed E-state index contributed by atoms with van der Waals surface area (Å²) in [7, 11) is -0.777. The van der Waals surface area contributed by atoms with Crippen molar-refractivity contribution >= 4 is 21.3 Å². The molecule has 0 aliphatic heterocycles. The van der Waals surface area contributed by atoms with Gasteiger partial charge in [-0.3, -0.25) is 19.4 Å². The number of ether oxygens (including phenoxy) is 1. The molecule has 0 aliphatic carbocycles. The van der Waals surface area contributed by atoms with E-state index in [2.05, 4.69) is 10.4 Å². The lowest BCUT2D eigenvalue weighted by atomic mass is 10.0. The molecule has 8 nitrogen and oxygen atoms in total. The number of halogens is 1. The summed E-state index contributed by atoms with van der Waals surface area (Å²) in [6.07, 6.45) is 1.46. The van der Waals surface area contributed by atoms with Gasteiger partial charge >= 0.3 is 0 Å². The van der Waals surface area contributed by atoms with Crippen molar-refractivity contribution in [2.45, 2.75) is 18.2 Å². The highest BCUT2D eigenvalue weighted by molar-refractivity contribution is 7.90. The molecule has 0 amide bonds. The van der Waals surface area contributed by atoms with Crippen LogP contribution in [-0.2, 0) is 21.6 Å². The molecule has 0 bridgehead atoms. The first-order valence-electron chi connectivity index (χ1n) is 8.15. The van der Waals surface area contributed by atoms with Crippen LogP contribution in [0.5, 0.6) is 0 Å². The molecule has 0 saturated carbocycles. The van der Waals surface area contributed by atoms with Gasteiger partial charge in [-0.15, -0.1) is 0 Å². The van der Waals surface area contributed by atoms with Gasteiger partial charge in [0.1, 0.15) is 5.56 Å². The maximum Gasteiger partial charge on any atom is 0.277 e. The first-order chi connectivity index (χ1) is 12.6. The lowest BCUT2D eigenvalue weighted by Crippen LogP contribution is -2.21. The van der Waals surface area contributed by atoms with Crippen LogP contribution in [0.1, 0.15) is 28.0 Å². The van der Waals surface area contributed by atoms with Gasteiger partial charge < -0.3 is 10.1 Å². The molecule has 1 aromatic heterocycles. The molecule has 1 aromatic carbocycles. The number of H-pyrrole nitrogens is 1. The van der Waals surface area contributed by atoms with Gasteiger partial charge in [0.2, 0.25) is 5.78 Å². The first kappa shape index (κ1) is 20.8. The number of aryl methyl sites for hydroxylation is 2. The fourth-order valence-electron chi connectivity index (χ4n) is 2.73. The van der Waals surface area contributed by atoms with Gasteiger partial charge in [0.25, 0.3) is 5.56 Å². The summed E-state index contributed by atoms with van der Waals surface area (Å²) in [6, 6.07) is 2.25. The second-order valence-corrected chi connectivity index (χ2v) is 8.13. The lowest BCUT2D eigenvalue weighted by molar-refractivity contribution is 0.103. The minimum atomic E-state index is -3.74. The van der Waals surface area contributed by atoms with E-state index in [0.29, 0.717) is 18.7 Å². The molecule has 2 rings (SSSR count). The number of aromatic amines is 1. The van der Waals surface area contributed by atoms with Crippen molar-refractivity contribution in [3.63, 3.8) is 0 Å². The van der Waals surface area contributed by atoms with Crippen LogP contribution < -0.4 is 10.9 Å². The predicted octanol–water partition coefficient (Wildman–Crippen LogP) is 1.24. The van der Waals surface area contributed by atoms with Gasteiger partial charge in [0.05, 0.1) is 16.1 Å². The minimum absolute atomic E-state index is 0.186. The Morgan fingerprint density at radius 2 is 2.04 bits per heavy atom. The van der Waals surface area contributed by atoms with Gasteiger partial charge in [-0.25, -0.2) is 12.8 Å². The van der Waals surface area contributed by atoms with E-state index in [9.17, 15) is 18.0 Å². The molecule has 2 aromatic rings. The summed E-state index contributed by atoms with van der Waals surface area (Å²) in [5.74, 6) is -1.82. The van der Waals surface area contributed by atoms with Gasteiger partial charge in [-0.05, 0) is 25.5 Å². The van der Waals surface area contributed by atoms with Crippen molar-refractivity contribution in [1.29, 1.82) is 0 Å². The molecule has 0 spiro atoms. The average Bonchev–Trinajstić information content (AvgIpc) is 2.83. The molecule has 148 valence electrons. The van der Waals surface area contributed by atoms with Crippen LogP contribution >= 0.6 is 0 Å². The van der Waals surface area contributed by atoms with Crippen molar-refractivity contribution in [3.8, 4) is 0 Å². The molecule has 27 heavy (non-hydrogen) atoms. The number of rotatable bonds is 8. The van der Waals surface area contributed by atoms with E-state index < -0.39 is 27.0 Å². The van der Waals surface area contributed by atoms with Gasteiger partial charge in [-0.1, -0.05) is 0 Å². The Labute approximate surface area is 156 Å². The number of sulfone groups is 1. The molecule has 1 heterocycles. The van der Waals surface area contributed by atoms with Crippen molar-refractivity contribution in [1.82, 2.24) is 9.78 Å². The molecule has 0 fully saturated rings. The monoisotopic (exact) mass is 399 g/mol. The van der Waals surface area contributed by atoms with E-state index in [1.54, 1.807) is 0 Å². The summed E-state index contributed by atoms with van der Waals surface area (Å²) < 4.78 is 45.1. The zero-order valence-electron chi connectivity index (χ0n) is 15.6. The fourth-order valence-corrected chi connectivity index (χ4v) is 3.57. The molecule has 0 aliphatic rings. The SMILES string of the molecule is COCCCNc1c(S(C)(=O)=O)ccc(C(=O)c2c(C)[nH]n(C)c2=O)c1F. The zero-order chi connectivity index (χ0) is 20.4. The van der Waals surface area contributed by atoms with Crippen LogP contribution in [0, 0.1) is 12.7 Å². The molecule has 2 N–H and O–H groups in total. The highest BCUT2D eigenvalue weighted by Gasteiger charge is 2.26. The Morgan fingerprint density at radius 1 is 1.37 bits per heavy atom. The van der Waals surface area contributed by atoms with Gasteiger partial charge in [0.15, 0.2) is 15.7 Å². The Kier molecular flexibility index (Phi) is 6.22. The maximum atomic E-state index is 15.1. The van der Waals surface area contributed by atoms with Crippen LogP contribution in [0.2, 0.25) is 0 Å².